The van der Waals surface area contributed by atoms with Crippen LogP contribution in [0.5, 0.6) is 0 Å². The van der Waals surface area contributed by atoms with Crippen LogP contribution in [0.3, 0.4) is 0 Å². The first-order chi connectivity index (χ1) is 4.23. The molecule has 1 heterocycles. The molecule has 0 bridgehead atoms. The van der Waals surface area contributed by atoms with Crippen molar-refractivity contribution in [3.63, 3.8) is 0 Å². The van der Waals surface area contributed by atoms with E-state index in [1.165, 1.54) is 25.9 Å². The number of hydrogen-bond donors (Lipinski definition) is 2. The van der Waals surface area contributed by atoms with Gasteiger partial charge in [0.1, 0.15) is 0 Å². The molecular weight excluding hydrogens is 112 g/mol. The van der Waals surface area contributed by atoms with E-state index < -0.39 is 0 Å². The van der Waals surface area contributed by atoms with Gasteiger partial charge in [-0.05, 0) is 13.8 Å². The van der Waals surface area contributed by atoms with E-state index in [0.717, 1.165) is 0 Å². The van der Waals surface area contributed by atoms with Crippen molar-refractivity contribution < 1.29 is 11.1 Å². The van der Waals surface area contributed by atoms with Crippen LogP contribution in [-0.2, 0) is 0 Å². The number of rotatable bonds is 0. The molecule has 2 nitrogen and oxygen atoms in total. The van der Waals surface area contributed by atoms with E-state index >= 15 is 0 Å². The molecule has 0 radical (unpaired) electrons. The predicted molar refractivity (Wildman–Crippen MR) is 38.9 cm³/mol. The van der Waals surface area contributed by atoms with E-state index in [1.807, 2.05) is 0 Å². The summed E-state index contributed by atoms with van der Waals surface area (Å²) < 4.78 is 0. The average Bonchev–Trinajstić information content (AvgIpc) is 2.11. The van der Waals surface area contributed by atoms with Crippen LogP contribution in [0.1, 0.15) is 26.7 Å². The molecule has 0 unspecified atom stereocenters. The summed E-state index contributed by atoms with van der Waals surface area (Å²) in [5.74, 6) is 0. The van der Waals surface area contributed by atoms with Crippen molar-refractivity contribution in [2.45, 2.75) is 32.7 Å². The second-order valence-electron chi connectivity index (χ2n) is 2.97. The normalized spacial score (nSPS) is 17.3. The Morgan fingerprint density at radius 2 is 1.56 bits per heavy atom. The molecule has 0 aromatic carbocycles. The maximum absolute atomic E-state index is 3.64. The fourth-order valence-corrected chi connectivity index (χ4v) is 0.722. The molecule has 0 aliphatic carbocycles. The summed E-state index contributed by atoms with van der Waals surface area (Å²) in [6, 6.07) is 0.583. The smallest absolute Gasteiger partial charge is 0.0786 e. The maximum Gasteiger partial charge on any atom is 0.0786 e. The van der Waals surface area contributed by atoms with E-state index in [9.17, 15) is 0 Å². The molecule has 2 heteroatoms. The van der Waals surface area contributed by atoms with Gasteiger partial charge < -0.3 is 11.1 Å². The van der Waals surface area contributed by atoms with Crippen LogP contribution in [0, 0.1) is 0 Å². The topological polar surface area (TPSA) is 44.2 Å². The number of quaternary nitrogens is 2. The van der Waals surface area contributed by atoms with Crippen molar-refractivity contribution in [1.29, 1.82) is 0 Å². The van der Waals surface area contributed by atoms with Crippen molar-refractivity contribution in [2.24, 2.45) is 0 Å². The zero-order chi connectivity index (χ0) is 7.11. The molecule has 1 rings (SSSR count). The summed E-state index contributed by atoms with van der Waals surface area (Å²) in [6.45, 7) is 6.86. The number of hydrogen-bond acceptors (Lipinski definition) is 0. The Hall–Kier alpha value is -0.0800. The summed E-state index contributed by atoms with van der Waals surface area (Å²) in [6.07, 6.45) is 2.89. The van der Waals surface area contributed by atoms with Gasteiger partial charge in [0.25, 0.3) is 0 Å². The summed E-state index contributed by atoms with van der Waals surface area (Å²) in [5, 5.41) is 2.36. The molecule has 0 spiro atoms. The van der Waals surface area contributed by atoms with E-state index in [4.69, 9.17) is 0 Å². The van der Waals surface area contributed by atoms with Crippen LogP contribution in [0.25, 0.3) is 0 Å². The molecular formula is C7H20N2+2. The fourth-order valence-electron chi connectivity index (χ4n) is 0.722. The van der Waals surface area contributed by atoms with Crippen LogP contribution < -0.4 is 11.1 Å². The van der Waals surface area contributed by atoms with Gasteiger partial charge in [-0.3, -0.25) is 0 Å². The zero-order valence-corrected chi connectivity index (χ0v) is 6.69. The molecule has 56 valence electrons. The molecule has 5 N–H and O–H groups in total. The van der Waals surface area contributed by atoms with Gasteiger partial charge in [-0.2, -0.15) is 0 Å². The van der Waals surface area contributed by atoms with E-state index in [2.05, 4.69) is 24.9 Å². The lowest BCUT2D eigenvalue weighted by molar-refractivity contribution is -0.635. The van der Waals surface area contributed by atoms with Crippen LogP contribution in [-0.4, -0.2) is 19.1 Å². The third-order valence-electron chi connectivity index (χ3n) is 1.07. The predicted octanol–water partition coefficient (Wildman–Crippen LogP) is -1.02. The second-order valence-corrected chi connectivity index (χ2v) is 2.97. The van der Waals surface area contributed by atoms with E-state index in [1.54, 1.807) is 0 Å². The van der Waals surface area contributed by atoms with E-state index in [0.29, 0.717) is 6.04 Å². The molecule has 1 aliphatic heterocycles. The first-order valence-electron chi connectivity index (χ1n) is 3.88. The van der Waals surface area contributed by atoms with Gasteiger partial charge in [0, 0.05) is 12.8 Å². The lowest BCUT2D eigenvalue weighted by atomic mass is 10.4. The van der Waals surface area contributed by atoms with Gasteiger partial charge in [-0.1, -0.05) is 0 Å². The minimum Gasteiger partial charge on any atom is -0.356 e. The second kappa shape index (κ2) is 6.05. The molecule has 1 saturated heterocycles. The highest BCUT2D eigenvalue weighted by Gasteiger charge is 1.97. The third kappa shape index (κ3) is 11.5. The molecule has 0 aromatic heterocycles. The Bertz CT molecular complexity index is 38.5. The van der Waals surface area contributed by atoms with Crippen LogP contribution >= 0.6 is 0 Å². The van der Waals surface area contributed by atoms with Crippen LogP contribution in [0.15, 0.2) is 0 Å². The Morgan fingerprint density at radius 1 is 1.22 bits per heavy atom. The first-order valence-corrected chi connectivity index (χ1v) is 3.88. The Labute approximate surface area is 57.8 Å². The van der Waals surface area contributed by atoms with Gasteiger partial charge in [-0.25, -0.2) is 0 Å². The Balaban J connectivity index is 0.000000148. The molecule has 1 aliphatic rings. The molecule has 0 atom stereocenters. The lowest BCUT2D eigenvalue weighted by Crippen LogP contribution is -2.80. The van der Waals surface area contributed by atoms with Crippen molar-refractivity contribution >= 4 is 0 Å². The van der Waals surface area contributed by atoms with Crippen molar-refractivity contribution in [3.05, 3.63) is 0 Å². The highest BCUT2D eigenvalue weighted by atomic mass is 14.9. The molecule has 0 aromatic rings. The quantitative estimate of drug-likeness (QED) is 0.424. The third-order valence-corrected chi connectivity index (χ3v) is 1.07. The highest BCUT2D eigenvalue weighted by Crippen LogP contribution is 1.82. The van der Waals surface area contributed by atoms with Crippen molar-refractivity contribution in [3.8, 4) is 0 Å². The number of nitrogens with two attached hydrogens (primary N) is 1. The molecule has 0 saturated carbocycles. The monoisotopic (exact) mass is 132 g/mol. The van der Waals surface area contributed by atoms with Crippen molar-refractivity contribution in [2.75, 3.05) is 13.1 Å². The van der Waals surface area contributed by atoms with Crippen LogP contribution in [0.4, 0.5) is 0 Å². The maximum atomic E-state index is 3.64. The van der Waals surface area contributed by atoms with Gasteiger partial charge in [0.15, 0.2) is 0 Å². The highest BCUT2D eigenvalue weighted by molar-refractivity contribution is 4.37. The summed E-state index contributed by atoms with van der Waals surface area (Å²) in [5.41, 5.74) is 3.64. The Kier molecular flexibility index (Phi) is 5.99. The minimum atomic E-state index is 0.583. The SMILES string of the molecule is C1CC[NH2+]C1.CC(C)[NH3+]. The zero-order valence-electron chi connectivity index (χ0n) is 6.69. The summed E-state index contributed by atoms with van der Waals surface area (Å²) >= 11 is 0. The minimum absolute atomic E-state index is 0.583. The van der Waals surface area contributed by atoms with Crippen molar-refractivity contribution in [1.82, 2.24) is 0 Å². The average molecular weight is 132 g/mol. The fraction of sp³-hybridized carbons (Fsp3) is 1.00. The van der Waals surface area contributed by atoms with Gasteiger partial charge in [0.2, 0.25) is 0 Å². The van der Waals surface area contributed by atoms with Gasteiger partial charge in [-0.15, -0.1) is 0 Å². The summed E-state index contributed by atoms with van der Waals surface area (Å²) in [7, 11) is 0. The molecule has 9 heavy (non-hydrogen) atoms. The van der Waals surface area contributed by atoms with Gasteiger partial charge >= 0.3 is 0 Å². The standard InChI is InChI=1S/C4H9N.C3H9N/c1-2-4-5-3-1;1-3(2)4/h5H,1-4H2;3H,4H2,1-2H3/p+2. The van der Waals surface area contributed by atoms with E-state index in [-0.39, 0.29) is 0 Å². The van der Waals surface area contributed by atoms with Gasteiger partial charge in [0.05, 0.1) is 19.1 Å². The molecule has 0 amide bonds. The first kappa shape index (κ1) is 8.92. The largest absolute Gasteiger partial charge is 0.356 e. The molecule has 1 fully saturated rings. The lowest BCUT2D eigenvalue weighted by Gasteiger charge is -1.77. The van der Waals surface area contributed by atoms with Crippen LogP contribution in [0.2, 0.25) is 0 Å². The summed E-state index contributed by atoms with van der Waals surface area (Å²) in [4.78, 5) is 0. The Morgan fingerprint density at radius 3 is 1.67 bits per heavy atom.